The summed E-state index contributed by atoms with van der Waals surface area (Å²) in [5.74, 6) is -0.939. The van der Waals surface area contributed by atoms with Gasteiger partial charge in [-0.15, -0.1) is 0 Å². The highest BCUT2D eigenvalue weighted by Gasteiger charge is 2.36. The van der Waals surface area contributed by atoms with Crippen LogP contribution in [0.2, 0.25) is 5.02 Å². The molecule has 0 heterocycles. The van der Waals surface area contributed by atoms with Gasteiger partial charge in [-0.2, -0.15) is 0 Å². The fraction of sp³-hybridized carbons (Fsp3) is 0.355. The van der Waals surface area contributed by atoms with E-state index in [0.29, 0.717) is 6.42 Å². The number of carbonyl (C=O) groups excluding carboxylic acids is 2. The molecule has 3 rings (SSSR count). The van der Waals surface area contributed by atoms with Crippen LogP contribution in [-0.2, 0) is 26.2 Å². The van der Waals surface area contributed by atoms with Crippen LogP contribution in [0.1, 0.15) is 44.7 Å². The fourth-order valence-electron chi connectivity index (χ4n) is 4.59. The molecule has 2 unspecified atom stereocenters. The Morgan fingerprint density at radius 1 is 1.05 bits per heavy atom. The molecule has 2 amide bonds. The Labute approximate surface area is 263 Å². The highest BCUT2D eigenvalue weighted by atomic mass is 35.5. The van der Waals surface area contributed by atoms with Gasteiger partial charge in [-0.1, -0.05) is 61.8 Å². The van der Waals surface area contributed by atoms with E-state index in [1.165, 1.54) is 49.3 Å². The minimum Gasteiger partial charge on any atom is -0.495 e. The summed E-state index contributed by atoms with van der Waals surface area (Å²) >= 11 is 6.27. The number of sulfonamides is 1. The summed E-state index contributed by atoms with van der Waals surface area (Å²) in [5, 5.41) is 14.8. The van der Waals surface area contributed by atoms with Crippen LogP contribution < -0.4 is 14.4 Å². The van der Waals surface area contributed by atoms with Gasteiger partial charge in [0.25, 0.3) is 15.7 Å². The number of halogens is 1. The number of benzene rings is 3. The second kappa shape index (κ2) is 15.0. The number of anilines is 1. The molecule has 1 N–H and O–H groups in total. The number of nitro groups is 1. The van der Waals surface area contributed by atoms with Crippen molar-refractivity contribution >= 4 is 44.8 Å². The zero-order valence-corrected chi connectivity index (χ0v) is 26.9. The van der Waals surface area contributed by atoms with E-state index in [9.17, 15) is 28.1 Å². The number of rotatable bonds is 14. The molecule has 0 spiro atoms. The Morgan fingerprint density at radius 3 is 2.32 bits per heavy atom. The minimum atomic E-state index is -4.61. The quantitative estimate of drug-likeness (QED) is 0.181. The molecule has 0 aromatic heterocycles. The van der Waals surface area contributed by atoms with Crippen molar-refractivity contribution in [2.24, 2.45) is 0 Å². The lowest BCUT2D eigenvalue weighted by Gasteiger charge is -2.34. The molecule has 0 radical (unpaired) electrons. The average molecular weight is 645 g/mol. The zero-order chi connectivity index (χ0) is 32.6. The third kappa shape index (κ3) is 8.06. The third-order valence-corrected chi connectivity index (χ3v) is 9.23. The number of methoxy groups -OCH3 is 1. The highest BCUT2D eigenvalue weighted by molar-refractivity contribution is 7.92. The number of nitrogens with one attached hydrogen (secondary N) is 1. The van der Waals surface area contributed by atoms with Crippen molar-refractivity contribution in [2.45, 2.75) is 64.1 Å². The second-order valence-corrected chi connectivity index (χ2v) is 12.6. The van der Waals surface area contributed by atoms with Gasteiger partial charge in [0.1, 0.15) is 18.3 Å². The summed E-state index contributed by atoms with van der Waals surface area (Å²) in [4.78, 5) is 39.6. The number of nitro benzene ring substituents is 1. The summed E-state index contributed by atoms with van der Waals surface area (Å²) in [6, 6.07) is 15.8. The van der Waals surface area contributed by atoms with Gasteiger partial charge in [-0.25, -0.2) is 8.42 Å². The van der Waals surface area contributed by atoms with E-state index in [0.717, 1.165) is 15.9 Å². The van der Waals surface area contributed by atoms with Crippen molar-refractivity contribution in [3.63, 3.8) is 0 Å². The van der Waals surface area contributed by atoms with Gasteiger partial charge in [0, 0.05) is 29.2 Å². The van der Waals surface area contributed by atoms with Gasteiger partial charge < -0.3 is 15.0 Å². The van der Waals surface area contributed by atoms with Crippen molar-refractivity contribution in [1.82, 2.24) is 10.2 Å². The number of ether oxygens (including phenoxy) is 1. The van der Waals surface area contributed by atoms with E-state index >= 15 is 0 Å². The number of aryl methyl sites for hydroxylation is 1. The maximum atomic E-state index is 14.2. The Morgan fingerprint density at radius 2 is 1.73 bits per heavy atom. The second-order valence-electron chi connectivity index (χ2n) is 10.3. The van der Waals surface area contributed by atoms with Crippen LogP contribution in [0.5, 0.6) is 5.75 Å². The van der Waals surface area contributed by atoms with Crippen LogP contribution in [-0.4, -0.2) is 55.8 Å². The molecule has 3 aromatic rings. The first-order valence-corrected chi connectivity index (χ1v) is 15.9. The van der Waals surface area contributed by atoms with E-state index < -0.39 is 44.0 Å². The third-order valence-electron chi connectivity index (χ3n) is 7.24. The van der Waals surface area contributed by atoms with Crippen LogP contribution in [0, 0.1) is 17.0 Å². The number of hydrogen-bond acceptors (Lipinski definition) is 7. The molecule has 2 atom stereocenters. The van der Waals surface area contributed by atoms with E-state index in [4.69, 9.17) is 16.3 Å². The van der Waals surface area contributed by atoms with Crippen molar-refractivity contribution < 1.29 is 27.7 Å². The lowest BCUT2D eigenvalue weighted by molar-refractivity contribution is -0.385. The first kappa shape index (κ1) is 34.3. The number of nitrogens with zero attached hydrogens (tertiary/aromatic N) is 3. The minimum absolute atomic E-state index is 0.0304. The lowest BCUT2D eigenvalue weighted by atomic mass is 10.1. The Kier molecular flexibility index (Phi) is 11.7. The van der Waals surface area contributed by atoms with E-state index in [1.807, 2.05) is 19.9 Å². The van der Waals surface area contributed by atoms with Gasteiger partial charge in [0.2, 0.25) is 11.8 Å². The molecule has 0 bridgehead atoms. The van der Waals surface area contributed by atoms with Gasteiger partial charge in [0.15, 0.2) is 0 Å². The molecular formula is C31H37ClN4O7S. The molecular weight excluding hydrogens is 608 g/mol. The molecule has 236 valence electrons. The van der Waals surface area contributed by atoms with Crippen LogP contribution in [0.15, 0.2) is 71.6 Å². The maximum absolute atomic E-state index is 14.2. The summed E-state index contributed by atoms with van der Waals surface area (Å²) in [6.45, 7) is 6.33. The topological polar surface area (TPSA) is 139 Å². The molecule has 0 saturated carbocycles. The molecule has 44 heavy (non-hydrogen) atoms. The van der Waals surface area contributed by atoms with Crippen LogP contribution in [0.3, 0.4) is 0 Å². The Hall–Kier alpha value is -4.16. The average Bonchev–Trinajstić information content (AvgIpc) is 2.99. The molecule has 0 saturated heterocycles. The van der Waals surface area contributed by atoms with Crippen LogP contribution in [0.4, 0.5) is 11.4 Å². The smallest absolute Gasteiger partial charge is 0.273 e. The lowest BCUT2D eigenvalue weighted by Crippen LogP contribution is -2.53. The van der Waals surface area contributed by atoms with Gasteiger partial charge in [-0.3, -0.25) is 24.0 Å². The van der Waals surface area contributed by atoms with Crippen LogP contribution >= 0.6 is 11.6 Å². The van der Waals surface area contributed by atoms with E-state index in [-0.39, 0.29) is 46.9 Å². The normalized spacial score (nSPS) is 12.6. The summed E-state index contributed by atoms with van der Waals surface area (Å²) in [7, 11) is -3.27. The molecule has 13 heteroatoms. The number of amides is 2. The summed E-state index contributed by atoms with van der Waals surface area (Å²) in [5.41, 5.74) is 0.561. The van der Waals surface area contributed by atoms with Crippen molar-refractivity contribution in [3.8, 4) is 5.75 Å². The zero-order valence-electron chi connectivity index (χ0n) is 25.3. The number of carbonyl (C=O) groups is 2. The van der Waals surface area contributed by atoms with Crippen molar-refractivity contribution in [2.75, 3.05) is 18.0 Å². The fourth-order valence-corrected chi connectivity index (χ4v) is 6.19. The SMILES string of the molecule is CCC(C)NC(=O)C(CC)N(Cc1ccccc1)C(=O)CN(c1cc(Cl)ccc1OC)S(=O)(=O)c1ccc(C)c([N+](=O)[O-])c1. The first-order valence-electron chi connectivity index (χ1n) is 14.1. The monoisotopic (exact) mass is 644 g/mol. The molecule has 0 fully saturated rings. The largest absolute Gasteiger partial charge is 0.495 e. The number of hydrogen-bond donors (Lipinski definition) is 1. The molecule has 0 aliphatic carbocycles. The van der Waals surface area contributed by atoms with Gasteiger partial charge in [-0.05, 0) is 56.5 Å². The molecule has 11 nitrogen and oxygen atoms in total. The highest BCUT2D eigenvalue weighted by Crippen LogP contribution is 2.36. The molecule has 0 aliphatic rings. The molecule has 3 aromatic carbocycles. The summed E-state index contributed by atoms with van der Waals surface area (Å²) < 4.78 is 34.7. The van der Waals surface area contributed by atoms with Crippen molar-refractivity contribution in [3.05, 3.63) is 93.0 Å². The Balaban J connectivity index is 2.18. The van der Waals surface area contributed by atoms with E-state index in [1.54, 1.807) is 31.2 Å². The first-order chi connectivity index (χ1) is 20.8. The predicted molar refractivity (Wildman–Crippen MR) is 169 cm³/mol. The van der Waals surface area contributed by atoms with Gasteiger partial charge in [0.05, 0.1) is 22.6 Å². The molecule has 0 aliphatic heterocycles. The van der Waals surface area contributed by atoms with Crippen LogP contribution in [0.25, 0.3) is 0 Å². The standard InChI is InChI=1S/C31H37ClN4O7S/c1-6-22(4)33-31(38)26(7-2)34(19-23-11-9-8-10-12-23)30(37)20-35(28-17-24(32)14-16-29(28)43-5)44(41,42)25-15-13-21(3)27(18-25)36(39)40/h8-18,22,26H,6-7,19-20H2,1-5H3,(H,33,38). The maximum Gasteiger partial charge on any atom is 0.273 e. The van der Waals surface area contributed by atoms with Gasteiger partial charge >= 0.3 is 0 Å². The Bertz CT molecular complexity index is 1600. The predicted octanol–water partition coefficient (Wildman–Crippen LogP) is 5.48. The van der Waals surface area contributed by atoms with E-state index in [2.05, 4.69) is 5.32 Å². The van der Waals surface area contributed by atoms with Crippen molar-refractivity contribution in [1.29, 1.82) is 0 Å². The summed E-state index contributed by atoms with van der Waals surface area (Å²) in [6.07, 6.45) is 0.941.